The lowest BCUT2D eigenvalue weighted by atomic mass is 10.1. The number of benzene rings is 1. The van der Waals surface area contributed by atoms with Crippen LogP contribution in [-0.2, 0) is 16.1 Å². The Bertz CT molecular complexity index is 598. The van der Waals surface area contributed by atoms with Crippen molar-refractivity contribution in [3.8, 4) is 0 Å². The number of carbonyl (C=O) groups excluding carboxylic acids is 3. The van der Waals surface area contributed by atoms with Crippen LogP contribution in [0, 0.1) is 0 Å². The maximum absolute atomic E-state index is 12.0. The normalized spacial score (nSPS) is 10.9. The minimum absolute atomic E-state index is 0.158. The molecule has 0 saturated carbocycles. The van der Waals surface area contributed by atoms with Gasteiger partial charge in [0.05, 0.1) is 0 Å². The molecule has 0 aliphatic rings. The van der Waals surface area contributed by atoms with Crippen molar-refractivity contribution >= 4 is 17.9 Å². The molecule has 3 amide bonds. The second-order valence-electron chi connectivity index (χ2n) is 5.80. The molecule has 1 aromatic rings. The van der Waals surface area contributed by atoms with Gasteiger partial charge in [-0.15, -0.1) is 0 Å². The van der Waals surface area contributed by atoms with E-state index in [1.54, 1.807) is 38.3 Å². The van der Waals surface area contributed by atoms with Gasteiger partial charge in [-0.2, -0.15) is 8.78 Å². The van der Waals surface area contributed by atoms with Crippen molar-refractivity contribution in [2.75, 3.05) is 0 Å². The van der Waals surface area contributed by atoms with Crippen molar-refractivity contribution in [1.82, 2.24) is 16.2 Å². The maximum atomic E-state index is 12.0. The fourth-order valence-electron chi connectivity index (χ4n) is 1.51. The molecular formula is C15H19F2N3O4. The van der Waals surface area contributed by atoms with Crippen molar-refractivity contribution in [1.29, 1.82) is 0 Å². The number of nitrogens with one attached hydrogen (secondary N) is 3. The summed E-state index contributed by atoms with van der Waals surface area (Å²) < 4.78 is 29.0. The molecule has 0 aliphatic heterocycles. The van der Waals surface area contributed by atoms with Crippen molar-refractivity contribution < 1.29 is 27.9 Å². The summed E-state index contributed by atoms with van der Waals surface area (Å²) in [5.41, 5.74) is 3.72. The number of ether oxygens (including phenoxy) is 1. The van der Waals surface area contributed by atoms with Gasteiger partial charge < -0.3 is 10.1 Å². The molecule has 1 rings (SSSR count). The van der Waals surface area contributed by atoms with Crippen molar-refractivity contribution in [3.63, 3.8) is 0 Å². The van der Waals surface area contributed by atoms with E-state index in [9.17, 15) is 23.2 Å². The van der Waals surface area contributed by atoms with E-state index in [-0.39, 0.29) is 12.1 Å². The molecule has 0 aromatic heterocycles. The Morgan fingerprint density at radius 2 is 1.67 bits per heavy atom. The van der Waals surface area contributed by atoms with Gasteiger partial charge in [-0.3, -0.25) is 20.4 Å². The first-order chi connectivity index (χ1) is 11.1. The first kappa shape index (κ1) is 19.3. The van der Waals surface area contributed by atoms with Crippen LogP contribution in [0.1, 0.15) is 36.7 Å². The molecule has 3 N–H and O–H groups in total. The molecule has 0 aliphatic carbocycles. The summed E-state index contributed by atoms with van der Waals surface area (Å²) >= 11 is 0. The Morgan fingerprint density at radius 3 is 2.17 bits per heavy atom. The molecule has 0 heterocycles. The van der Waals surface area contributed by atoms with E-state index in [1.807, 2.05) is 5.43 Å². The van der Waals surface area contributed by atoms with Crippen LogP contribution in [0.15, 0.2) is 24.3 Å². The monoisotopic (exact) mass is 343 g/mol. The Balaban J connectivity index is 2.49. The fraction of sp³-hybridized carbons (Fsp3) is 0.400. The van der Waals surface area contributed by atoms with Gasteiger partial charge in [0.15, 0.2) is 0 Å². The van der Waals surface area contributed by atoms with E-state index in [2.05, 4.69) is 5.32 Å². The minimum atomic E-state index is -3.22. The third-order valence-corrected chi connectivity index (χ3v) is 2.55. The number of alkyl halides is 2. The molecule has 0 unspecified atom stereocenters. The van der Waals surface area contributed by atoms with Gasteiger partial charge in [-0.1, -0.05) is 12.1 Å². The third-order valence-electron chi connectivity index (χ3n) is 2.55. The highest BCUT2D eigenvalue weighted by atomic mass is 19.3. The van der Waals surface area contributed by atoms with Crippen LogP contribution in [0.3, 0.4) is 0 Å². The molecule has 0 atom stereocenters. The highest BCUT2D eigenvalue weighted by Crippen LogP contribution is 2.08. The zero-order chi connectivity index (χ0) is 18.3. The maximum Gasteiger partial charge on any atom is 0.407 e. The van der Waals surface area contributed by atoms with E-state index < -0.39 is 29.9 Å². The van der Waals surface area contributed by atoms with E-state index in [0.29, 0.717) is 5.56 Å². The molecule has 132 valence electrons. The van der Waals surface area contributed by atoms with Gasteiger partial charge in [0.25, 0.3) is 5.91 Å². The van der Waals surface area contributed by atoms with Gasteiger partial charge in [-0.25, -0.2) is 4.79 Å². The quantitative estimate of drug-likeness (QED) is 0.726. The van der Waals surface area contributed by atoms with Gasteiger partial charge in [0.1, 0.15) is 5.60 Å². The van der Waals surface area contributed by atoms with Crippen LogP contribution in [0.5, 0.6) is 0 Å². The number of hydrazine groups is 1. The predicted molar refractivity (Wildman–Crippen MR) is 81.1 cm³/mol. The smallest absolute Gasteiger partial charge is 0.407 e. The fourth-order valence-corrected chi connectivity index (χ4v) is 1.51. The number of rotatable bonds is 4. The van der Waals surface area contributed by atoms with E-state index in [4.69, 9.17) is 4.74 Å². The highest BCUT2D eigenvalue weighted by molar-refractivity contribution is 5.95. The van der Waals surface area contributed by atoms with Gasteiger partial charge >= 0.3 is 18.4 Å². The number of carbonyl (C=O) groups is 3. The molecule has 0 fully saturated rings. The van der Waals surface area contributed by atoms with Crippen LogP contribution in [0.25, 0.3) is 0 Å². The zero-order valence-corrected chi connectivity index (χ0v) is 13.5. The van der Waals surface area contributed by atoms with Gasteiger partial charge in [-0.05, 0) is 38.5 Å². The van der Waals surface area contributed by atoms with Crippen LogP contribution in [-0.4, -0.2) is 29.9 Å². The SMILES string of the molecule is CC(C)(C)OC(=O)NCc1ccc(C(=O)NNC(=O)C(F)F)cc1. The Labute approximate surface area is 137 Å². The first-order valence-electron chi connectivity index (χ1n) is 7.02. The third kappa shape index (κ3) is 7.03. The second-order valence-corrected chi connectivity index (χ2v) is 5.80. The van der Waals surface area contributed by atoms with Crippen LogP contribution in [0.4, 0.5) is 13.6 Å². The molecular weight excluding hydrogens is 324 g/mol. The summed E-state index contributed by atoms with van der Waals surface area (Å²) in [4.78, 5) is 33.8. The second kappa shape index (κ2) is 8.23. The predicted octanol–water partition coefficient (Wildman–Crippen LogP) is 1.74. The molecule has 7 nitrogen and oxygen atoms in total. The Morgan fingerprint density at radius 1 is 1.08 bits per heavy atom. The summed E-state index contributed by atoms with van der Waals surface area (Å²) in [6, 6.07) is 5.99. The van der Waals surface area contributed by atoms with Crippen LogP contribution < -0.4 is 16.2 Å². The lowest BCUT2D eigenvalue weighted by Gasteiger charge is -2.19. The number of alkyl carbamates (subject to hydrolysis) is 1. The lowest BCUT2D eigenvalue weighted by molar-refractivity contribution is -0.132. The molecule has 24 heavy (non-hydrogen) atoms. The summed E-state index contributed by atoms with van der Waals surface area (Å²) in [5, 5.41) is 2.55. The van der Waals surface area contributed by atoms with E-state index >= 15 is 0 Å². The van der Waals surface area contributed by atoms with Crippen molar-refractivity contribution in [2.24, 2.45) is 0 Å². The van der Waals surface area contributed by atoms with Gasteiger partial charge in [0, 0.05) is 12.1 Å². The highest BCUT2D eigenvalue weighted by Gasteiger charge is 2.17. The summed E-state index contributed by atoms with van der Waals surface area (Å²) in [6.07, 6.45) is -3.79. The lowest BCUT2D eigenvalue weighted by Crippen LogP contribution is -2.44. The Kier molecular flexibility index (Phi) is 6.63. The topological polar surface area (TPSA) is 96.5 Å². The Hall–Kier alpha value is -2.71. The number of amides is 3. The number of hydrogen-bond donors (Lipinski definition) is 3. The molecule has 0 saturated heterocycles. The van der Waals surface area contributed by atoms with Crippen LogP contribution in [0.2, 0.25) is 0 Å². The standard InChI is InChI=1S/C15H19F2N3O4/c1-15(2,3)24-14(23)18-8-9-4-6-10(7-5-9)12(21)19-20-13(22)11(16)17/h4-7,11H,8H2,1-3H3,(H,18,23)(H,19,21)(H,20,22). The number of hydrogen-bond acceptors (Lipinski definition) is 4. The summed E-state index contributed by atoms with van der Waals surface area (Å²) in [6.45, 7) is 5.42. The summed E-state index contributed by atoms with van der Waals surface area (Å²) in [5.74, 6) is -2.34. The molecule has 0 radical (unpaired) electrons. The zero-order valence-electron chi connectivity index (χ0n) is 13.5. The first-order valence-corrected chi connectivity index (χ1v) is 7.02. The molecule has 0 bridgehead atoms. The summed E-state index contributed by atoms with van der Waals surface area (Å²) in [7, 11) is 0. The minimum Gasteiger partial charge on any atom is -0.444 e. The largest absolute Gasteiger partial charge is 0.444 e. The molecule has 0 spiro atoms. The average Bonchev–Trinajstić information content (AvgIpc) is 2.49. The number of halogens is 2. The van der Waals surface area contributed by atoms with E-state index in [1.165, 1.54) is 12.1 Å². The average molecular weight is 343 g/mol. The molecule has 1 aromatic carbocycles. The van der Waals surface area contributed by atoms with E-state index in [0.717, 1.165) is 0 Å². The van der Waals surface area contributed by atoms with Crippen LogP contribution >= 0.6 is 0 Å². The van der Waals surface area contributed by atoms with Gasteiger partial charge in [0.2, 0.25) is 0 Å². The van der Waals surface area contributed by atoms with Crippen molar-refractivity contribution in [2.45, 2.75) is 39.3 Å². The molecule has 9 heteroatoms. The van der Waals surface area contributed by atoms with Crippen molar-refractivity contribution in [3.05, 3.63) is 35.4 Å².